The van der Waals surface area contributed by atoms with Crippen molar-refractivity contribution in [3.8, 4) is 0 Å². The molecule has 0 aliphatic heterocycles. The Morgan fingerprint density at radius 1 is 0.745 bits per heavy atom. The molecule has 0 amide bonds. The zero-order chi connectivity index (χ0) is 35.3. The van der Waals surface area contributed by atoms with Crippen LogP contribution in [0.3, 0.4) is 0 Å². The van der Waals surface area contributed by atoms with Crippen molar-refractivity contribution < 1.29 is 0 Å². The molecule has 0 saturated carbocycles. The Morgan fingerprint density at radius 2 is 1.45 bits per heavy atom. The quantitative estimate of drug-likeness (QED) is 0.141. The van der Waals surface area contributed by atoms with Crippen LogP contribution in [0, 0.1) is 0 Å². The number of hydrogen-bond acceptors (Lipinski definition) is 2. The van der Waals surface area contributed by atoms with Crippen molar-refractivity contribution in [2.24, 2.45) is 10.7 Å². The lowest BCUT2D eigenvalue weighted by Crippen LogP contribution is -2.34. The molecule has 0 heterocycles. The molecule has 2 atom stereocenters. The van der Waals surface area contributed by atoms with E-state index in [1.54, 1.807) is 0 Å². The predicted octanol–water partition coefficient (Wildman–Crippen LogP) is 10.2. The van der Waals surface area contributed by atoms with Crippen LogP contribution in [0.15, 0.2) is 222 Å². The van der Waals surface area contributed by atoms with Crippen molar-refractivity contribution in [1.29, 1.82) is 0 Å². The first kappa shape index (κ1) is 34.6. The second kappa shape index (κ2) is 16.9. The van der Waals surface area contributed by atoms with Gasteiger partial charge in [-0.15, -0.1) is 0 Å². The van der Waals surface area contributed by atoms with Gasteiger partial charge in [0, 0.05) is 24.3 Å². The summed E-state index contributed by atoms with van der Waals surface area (Å²) in [5, 5.41) is 2.23. The summed E-state index contributed by atoms with van der Waals surface area (Å²) in [6.07, 6.45) is 34.2. The van der Waals surface area contributed by atoms with Crippen LogP contribution in [-0.2, 0) is 5.41 Å². The first-order chi connectivity index (χ1) is 25.1. The van der Waals surface area contributed by atoms with E-state index in [0.717, 1.165) is 49.7 Å². The van der Waals surface area contributed by atoms with Gasteiger partial charge in [0.05, 0.1) is 11.1 Å². The van der Waals surface area contributed by atoms with Crippen molar-refractivity contribution in [3.63, 3.8) is 0 Å². The number of hydrogen-bond donors (Lipinski definition) is 1. The highest BCUT2D eigenvalue weighted by Crippen LogP contribution is 2.50. The van der Waals surface area contributed by atoms with Crippen LogP contribution in [0.25, 0.3) is 12.2 Å². The molecule has 2 N–H and O–H groups in total. The molecule has 2 aliphatic rings. The van der Waals surface area contributed by atoms with E-state index in [0.29, 0.717) is 6.42 Å². The van der Waals surface area contributed by atoms with Crippen LogP contribution in [-0.4, -0.2) is 6.21 Å². The third-order valence-corrected chi connectivity index (χ3v) is 9.27. The van der Waals surface area contributed by atoms with Gasteiger partial charge in [-0.1, -0.05) is 195 Å². The highest BCUT2D eigenvalue weighted by molar-refractivity contribution is 5.79. The van der Waals surface area contributed by atoms with Crippen molar-refractivity contribution in [2.45, 2.75) is 24.7 Å². The van der Waals surface area contributed by atoms with Gasteiger partial charge < -0.3 is 5.73 Å². The molecule has 51 heavy (non-hydrogen) atoms. The normalized spacial score (nSPS) is 22.3. The number of fused-ring (bicyclic) bond motifs is 1. The molecule has 4 aromatic rings. The molecule has 4 aromatic carbocycles. The van der Waals surface area contributed by atoms with Crippen LogP contribution in [0.4, 0.5) is 5.69 Å². The minimum atomic E-state index is -0.855. The Morgan fingerprint density at radius 3 is 2.25 bits per heavy atom. The minimum Gasteiger partial charge on any atom is -0.402 e. The molecule has 6 rings (SSSR count). The molecule has 2 heteroatoms. The first-order valence-corrected chi connectivity index (χ1v) is 17.5. The van der Waals surface area contributed by atoms with Gasteiger partial charge in [-0.25, -0.2) is 0 Å². The molecule has 250 valence electrons. The maximum atomic E-state index is 7.25. The molecule has 0 radical (unpaired) electrons. The SMILES string of the molecule is C=C1/C=c2/cccc/c2=C/C/C(N)=C(/C=C\C=C\C2=CC(c3ccccc3)C=CC=C2)C1(c1ccccc1)c1ccccc1N=C/C=C\C=C/C. The van der Waals surface area contributed by atoms with E-state index >= 15 is 0 Å². The zero-order valence-corrected chi connectivity index (χ0v) is 29.1. The Bertz CT molecular complexity index is 2250. The smallest absolute Gasteiger partial charge is 0.0733 e. The first-order valence-electron chi connectivity index (χ1n) is 17.5. The average Bonchev–Trinajstić information content (AvgIpc) is 3.40. The number of para-hydroxylation sites is 1. The summed E-state index contributed by atoms with van der Waals surface area (Å²) in [5.41, 5.74) is 14.3. The number of nitrogens with two attached hydrogens (primary N) is 1. The van der Waals surface area contributed by atoms with Gasteiger partial charge in [-0.3, -0.25) is 4.99 Å². The van der Waals surface area contributed by atoms with Crippen LogP contribution in [0.5, 0.6) is 0 Å². The van der Waals surface area contributed by atoms with E-state index in [2.05, 4.69) is 170 Å². The molecule has 0 saturated heterocycles. The van der Waals surface area contributed by atoms with E-state index in [4.69, 9.17) is 17.3 Å². The van der Waals surface area contributed by atoms with E-state index in [9.17, 15) is 0 Å². The Hall–Kier alpha value is -6.25. The maximum Gasteiger partial charge on any atom is 0.0733 e. The largest absolute Gasteiger partial charge is 0.402 e. The van der Waals surface area contributed by atoms with Gasteiger partial charge in [-0.05, 0) is 62.9 Å². The van der Waals surface area contributed by atoms with E-state index < -0.39 is 5.41 Å². The lowest BCUT2D eigenvalue weighted by molar-refractivity contribution is 0.740. The van der Waals surface area contributed by atoms with Crippen LogP contribution in [0.2, 0.25) is 0 Å². The standard InChI is InChI=1S/C49H44N2/c1-3-4-5-20-35-51-48-32-19-18-31-46(48)49(44-28-10-7-11-29-44)38(2)36-42-26-16-15-25-41(42)33-34-47(50)45(49)30-17-13-22-39-21-12-14-27-43(37-39)40-23-8-6-9-24-40/h3-33,35-37,43H,2,34,50H2,1H3/b4-3-,20-5-,22-13+,30-17-,41-33-,42-36-,47-45+,51-35?. The van der Waals surface area contributed by atoms with Crippen molar-refractivity contribution in [1.82, 2.24) is 0 Å². The zero-order valence-electron chi connectivity index (χ0n) is 29.1. The molecule has 0 fully saturated rings. The number of rotatable bonds is 9. The third-order valence-electron chi connectivity index (χ3n) is 9.27. The molecule has 0 aromatic heterocycles. The molecular formula is C49H44N2. The van der Waals surface area contributed by atoms with Crippen LogP contribution in [0.1, 0.15) is 36.0 Å². The predicted molar refractivity (Wildman–Crippen MR) is 219 cm³/mol. The topological polar surface area (TPSA) is 38.4 Å². The molecule has 2 aliphatic carbocycles. The molecule has 0 spiro atoms. The van der Waals surface area contributed by atoms with Gasteiger partial charge in [-0.2, -0.15) is 0 Å². The summed E-state index contributed by atoms with van der Waals surface area (Å²) in [6, 6.07) is 37.9. The second-order valence-corrected chi connectivity index (χ2v) is 12.5. The van der Waals surface area contributed by atoms with Gasteiger partial charge in [0.25, 0.3) is 0 Å². The van der Waals surface area contributed by atoms with Crippen molar-refractivity contribution in [2.75, 3.05) is 0 Å². The fourth-order valence-corrected chi connectivity index (χ4v) is 6.84. The van der Waals surface area contributed by atoms with Gasteiger partial charge in [0.1, 0.15) is 0 Å². The summed E-state index contributed by atoms with van der Waals surface area (Å²) >= 11 is 0. The summed E-state index contributed by atoms with van der Waals surface area (Å²) in [5.74, 6) is 0.198. The number of benzene rings is 4. The number of nitrogens with zero attached hydrogens (tertiary/aromatic N) is 1. The summed E-state index contributed by atoms with van der Waals surface area (Å²) in [4.78, 5) is 5.01. The molecule has 2 unspecified atom stereocenters. The fourth-order valence-electron chi connectivity index (χ4n) is 6.84. The summed E-state index contributed by atoms with van der Waals surface area (Å²) in [6.45, 7) is 6.85. The number of aliphatic imine (C=N–C) groups is 1. The van der Waals surface area contributed by atoms with Crippen molar-refractivity contribution in [3.05, 3.63) is 244 Å². The molecular weight excluding hydrogens is 617 g/mol. The highest BCUT2D eigenvalue weighted by Gasteiger charge is 2.42. The lowest BCUT2D eigenvalue weighted by atomic mass is 9.63. The lowest BCUT2D eigenvalue weighted by Gasteiger charge is -2.39. The second-order valence-electron chi connectivity index (χ2n) is 12.5. The third kappa shape index (κ3) is 7.98. The van der Waals surface area contributed by atoms with Gasteiger partial charge >= 0.3 is 0 Å². The minimum absolute atomic E-state index is 0.198. The molecule has 0 bridgehead atoms. The van der Waals surface area contributed by atoms with Gasteiger partial charge in [0.2, 0.25) is 0 Å². The van der Waals surface area contributed by atoms with Gasteiger partial charge in [0.15, 0.2) is 0 Å². The van der Waals surface area contributed by atoms with E-state index in [1.807, 2.05) is 43.5 Å². The Kier molecular flexibility index (Phi) is 11.5. The molecule has 2 nitrogen and oxygen atoms in total. The monoisotopic (exact) mass is 660 g/mol. The van der Waals surface area contributed by atoms with E-state index in [1.165, 1.54) is 5.56 Å². The summed E-state index contributed by atoms with van der Waals surface area (Å²) in [7, 11) is 0. The Balaban J connectivity index is 1.54. The average molecular weight is 661 g/mol. The highest BCUT2D eigenvalue weighted by atomic mass is 14.7. The number of allylic oxidation sites excluding steroid dienone is 17. The fraction of sp³-hybridized carbons (Fsp3) is 0.0816. The van der Waals surface area contributed by atoms with E-state index in [-0.39, 0.29) is 5.92 Å². The summed E-state index contributed by atoms with van der Waals surface area (Å²) < 4.78 is 0. The Labute approximate surface area is 302 Å². The van der Waals surface area contributed by atoms with Crippen LogP contribution < -0.4 is 16.2 Å². The van der Waals surface area contributed by atoms with Crippen molar-refractivity contribution >= 4 is 24.1 Å². The van der Waals surface area contributed by atoms with Crippen LogP contribution >= 0.6 is 0 Å². The maximum absolute atomic E-state index is 7.25.